The van der Waals surface area contributed by atoms with Gasteiger partial charge in [-0.15, -0.1) is 0 Å². The number of aryl methyl sites for hydroxylation is 1. The highest BCUT2D eigenvalue weighted by molar-refractivity contribution is 7.99. The van der Waals surface area contributed by atoms with Gasteiger partial charge in [0.2, 0.25) is 0 Å². The van der Waals surface area contributed by atoms with Crippen molar-refractivity contribution in [1.29, 1.82) is 0 Å². The molecule has 1 aromatic carbocycles. The van der Waals surface area contributed by atoms with Crippen molar-refractivity contribution in [2.24, 2.45) is 5.92 Å². The van der Waals surface area contributed by atoms with Crippen molar-refractivity contribution in [3.8, 4) is 0 Å². The summed E-state index contributed by atoms with van der Waals surface area (Å²) < 4.78 is 0. The van der Waals surface area contributed by atoms with Crippen LogP contribution < -0.4 is 5.32 Å². The summed E-state index contributed by atoms with van der Waals surface area (Å²) in [7, 11) is 0. The largest absolute Gasteiger partial charge is 0.310 e. The predicted molar refractivity (Wildman–Crippen MR) is 86.9 cm³/mol. The minimum atomic E-state index is 0.585. The number of benzene rings is 1. The van der Waals surface area contributed by atoms with Crippen LogP contribution in [-0.2, 0) is 6.42 Å². The molecule has 19 heavy (non-hydrogen) atoms. The van der Waals surface area contributed by atoms with Gasteiger partial charge in [-0.3, -0.25) is 0 Å². The van der Waals surface area contributed by atoms with Gasteiger partial charge in [-0.1, -0.05) is 38.1 Å². The first-order chi connectivity index (χ1) is 9.36. The molecule has 2 heteroatoms. The highest BCUT2D eigenvalue weighted by Gasteiger charge is 2.27. The molecule has 0 heterocycles. The Morgan fingerprint density at radius 2 is 2.11 bits per heavy atom. The van der Waals surface area contributed by atoms with E-state index in [2.05, 4.69) is 55.2 Å². The predicted octanol–water partition coefficient (Wildman–Crippen LogP) is 4.43. The topological polar surface area (TPSA) is 12.0 Å². The van der Waals surface area contributed by atoms with Crippen LogP contribution in [0.1, 0.15) is 50.3 Å². The Bertz CT molecular complexity index is 377. The number of rotatable bonds is 7. The SMILES string of the molecule is CCNC1c2ccccc2CCC1CCCSCC. The maximum Gasteiger partial charge on any atom is 0.0351 e. The lowest BCUT2D eigenvalue weighted by Gasteiger charge is -2.34. The van der Waals surface area contributed by atoms with E-state index >= 15 is 0 Å². The Kier molecular flexibility index (Phi) is 6.25. The number of fused-ring (bicyclic) bond motifs is 1. The molecule has 2 rings (SSSR count). The average Bonchev–Trinajstić information content (AvgIpc) is 2.45. The lowest BCUT2D eigenvalue weighted by atomic mass is 9.77. The van der Waals surface area contributed by atoms with Gasteiger partial charge >= 0.3 is 0 Å². The summed E-state index contributed by atoms with van der Waals surface area (Å²) in [4.78, 5) is 0. The summed E-state index contributed by atoms with van der Waals surface area (Å²) >= 11 is 2.08. The smallest absolute Gasteiger partial charge is 0.0351 e. The molecule has 0 aliphatic heterocycles. The minimum absolute atomic E-state index is 0.585. The quantitative estimate of drug-likeness (QED) is 0.740. The standard InChI is InChI=1S/C17H27NS/c1-3-18-17-15(9-7-13-19-4-2)12-11-14-8-5-6-10-16(14)17/h5-6,8,10,15,17-18H,3-4,7,9,11-13H2,1-2H3. The summed E-state index contributed by atoms with van der Waals surface area (Å²) in [5, 5.41) is 3.72. The van der Waals surface area contributed by atoms with E-state index < -0.39 is 0 Å². The third-order valence-corrected chi connectivity index (χ3v) is 5.12. The number of hydrogen-bond donors (Lipinski definition) is 1. The van der Waals surface area contributed by atoms with E-state index in [1.807, 2.05) is 0 Å². The van der Waals surface area contributed by atoms with Crippen LogP contribution in [0.15, 0.2) is 24.3 Å². The Hall–Kier alpha value is -0.470. The van der Waals surface area contributed by atoms with Gasteiger partial charge in [-0.05, 0) is 60.8 Å². The number of thioether (sulfide) groups is 1. The fourth-order valence-electron chi connectivity index (χ4n) is 3.23. The highest BCUT2D eigenvalue weighted by atomic mass is 32.2. The molecule has 2 atom stereocenters. The fourth-order valence-corrected chi connectivity index (χ4v) is 3.89. The number of nitrogens with one attached hydrogen (secondary N) is 1. The third-order valence-electron chi connectivity index (χ3n) is 4.14. The zero-order valence-corrected chi connectivity index (χ0v) is 13.1. The van der Waals surface area contributed by atoms with Crippen molar-refractivity contribution in [2.75, 3.05) is 18.1 Å². The summed E-state index contributed by atoms with van der Waals surface area (Å²) in [6, 6.07) is 9.60. The van der Waals surface area contributed by atoms with Crippen LogP contribution in [-0.4, -0.2) is 18.1 Å². The second kappa shape index (κ2) is 7.96. The van der Waals surface area contributed by atoms with Crippen molar-refractivity contribution >= 4 is 11.8 Å². The maximum absolute atomic E-state index is 3.72. The van der Waals surface area contributed by atoms with Crippen LogP contribution in [0.5, 0.6) is 0 Å². The van der Waals surface area contributed by atoms with E-state index in [1.165, 1.54) is 37.2 Å². The molecule has 0 radical (unpaired) electrons. The Morgan fingerprint density at radius 1 is 1.26 bits per heavy atom. The Labute approximate surface area is 122 Å². The van der Waals surface area contributed by atoms with Crippen LogP contribution in [0.2, 0.25) is 0 Å². The summed E-state index contributed by atoms with van der Waals surface area (Å²) in [5.41, 5.74) is 3.12. The van der Waals surface area contributed by atoms with Gasteiger partial charge in [-0.25, -0.2) is 0 Å². The van der Waals surface area contributed by atoms with E-state index in [0.29, 0.717) is 6.04 Å². The van der Waals surface area contributed by atoms with E-state index in [1.54, 1.807) is 11.1 Å². The summed E-state index contributed by atoms with van der Waals surface area (Å²) in [5.74, 6) is 3.41. The molecule has 106 valence electrons. The molecule has 0 fully saturated rings. The second-order valence-electron chi connectivity index (χ2n) is 5.37. The van der Waals surface area contributed by atoms with Crippen LogP contribution in [0, 0.1) is 5.92 Å². The molecular weight excluding hydrogens is 250 g/mol. The Balaban J connectivity index is 2.00. The van der Waals surface area contributed by atoms with Crippen molar-refractivity contribution in [3.63, 3.8) is 0 Å². The van der Waals surface area contributed by atoms with E-state index in [0.717, 1.165) is 12.5 Å². The van der Waals surface area contributed by atoms with Crippen molar-refractivity contribution < 1.29 is 0 Å². The first-order valence-electron chi connectivity index (χ1n) is 7.75. The average molecular weight is 277 g/mol. The molecule has 0 spiro atoms. The van der Waals surface area contributed by atoms with Gasteiger partial charge in [0.1, 0.15) is 0 Å². The zero-order valence-electron chi connectivity index (χ0n) is 12.3. The zero-order chi connectivity index (χ0) is 13.5. The van der Waals surface area contributed by atoms with Crippen LogP contribution in [0.4, 0.5) is 0 Å². The molecule has 1 aromatic rings. The van der Waals surface area contributed by atoms with Crippen LogP contribution in [0.3, 0.4) is 0 Å². The van der Waals surface area contributed by atoms with E-state index in [9.17, 15) is 0 Å². The molecular formula is C17H27NS. The van der Waals surface area contributed by atoms with E-state index in [4.69, 9.17) is 0 Å². The lowest BCUT2D eigenvalue weighted by Crippen LogP contribution is -2.32. The van der Waals surface area contributed by atoms with E-state index in [-0.39, 0.29) is 0 Å². The first-order valence-corrected chi connectivity index (χ1v) is 8.91. The van der Waals surface area contributed by atoms with Gasteiger partial charge < -0.3 is 5.32 Å². The van der Waals surface area contributed by atoms with Gasteiger partial charge in [0.15, 0.2) is 0 Å². The number of hydrogen-bond acceptors (Lipinski definition) is 2. The molecule has 1 aliphatic carbocycles. The molecule has 1 aliphatic rings. The molecule has 1 nitrogen and oxygen atoms in total. The highest BCUT2D eigenvalue weighted by Crippen LogP contribution is 2.37. The molecule has 0 saturated carbocycles. The van der Waals surface area contributed by atoms with Crippen molar-refractivity contribution in [2.45, 2.75) is 45.6 Å². The van der Waals surface area contributed by atoms with Gasteiger partial charge in [0.05, 0.1) is 0 Å². The fraction of sp³-hybridized carbons (Fsp3) is 0.647. The molecule has 1 N–H and O–H groups in total. The van der Waals surface area contributed by atoms with Crippen LogP contribution >= 0.6 is 11.8 Å². The lowest BCUT2D eigenvalue weighted by molar-refractivity contribution is 0.305. The minimum Gasteiger partial charge on any atom is -0.310 e. The normalized spacial score (nSPS) is 22.2. The van der Waals surface area contributed by atoms with Crippen LogP contribution in [0.25, 0.3) is 0 Å². The Morgan fingerprint density at radius 3 is 2.89 bits per heavy atom. The molecule has 2 unspecified atom stereocenters. The second-order valence-corrected chi connectivity index (χ2v) is 6.77. The van der Waals surface area contributed by atoms with Crippen molar-refractivity contribution in [3.05, 3.63) is 35.4 Å². The molecule has 0 saturated heterocycles. The summed E-state index contributed by atoms with van der Waals surface area (Å²) in [6.45, 7) is 5.55. The van der Waals surface area contributed by atoms with Gasteiger partial charge in [0, 0.05) is 6.04 Å². The molecule has 0 bridgehead atoms. The van der Waals surface area contributed by atoms with Crippen molar-refractivity contribution in [1.82, 2.24) is 5.32 Å². The summed E-state index contributed by atoms with van der Waals surface area (Å²) in [6.07, 6.45) is 5.36. The maximum atomic E-state index is 3.72. The molecule has 0 aromatic heterocycles. The monoisotopic (exact) mass is 277 g/mol. The molecule has 0 amide bonds. The van der Waals surface area contributed by atoms with Gasteiger partial charge in [0.25, 0.3) is 0 Å². The third kappa shape index (κ3) is 4.00. The first kappa shape index (κ1) is 14.9. The van der Waals surface area contributed by atoms with Gasteiger partial charge in [-0.2, -0.15) is 11.8 Å².